The van der Waals surface area contributed by atoms with Crippen molar-refractivity contribution in [2.24, 2.45) is 0 Å². The predicted octanol–water partition coefficient (Wildman–Crippen LogP) is 2.70. The van der Waals surface area contributed by atoms with Gasteiger partial charge in [-0.1, -0.05) is 30.3 Å². The van der Waals surface area contributed by atoms with Crippen LogP contribution in [0.2, 0.25) is 0 Å². The molecule has 0 radical (unpaired) electrons. The summed E-state index contributed by atoms with van der Waals surface area (Å²) in [4.78, 5) is 28.2. The lowest BCUT2D eigenvalue weighted by Gasteiger charge is -2.31. The third-order valence-electron chi connectivity index (χ3n) is 3.90. The van der Waals surface area contributed by atoms with Gasteiger partial charge < -0.3 is 14.5 Å². The molecule has 23 heavy (non-hydrogen) atoms. The van der Waals surface area contributed by atoms with E-state index in [1.54, 1.807) is 16.8 Å². The second-order valence-electron chi connectivity index (χ2n) is 7.04. The van der Waals surface area contributed by atoms with Crippen LogP contribution in [0.1, 0.15) is 32.8 Å². The first kappa shape index (κ1) is 17.3. The summed E-state index contributed by atoms with van der Waals surface area (Å²) in [5, 5.41) is 0. The quantitative estimate of drug-likeness (QED) is 0.842. The maximum absolute atomic E-state index is 12.6. The molecule has 1 heterocycles. The molecule has 1 aromatic rings. The largest absolute Gasteiger partial charge is 0.444 e. The van der Waals surface area contributed by atoms with Gasteiger partial charge in [0.2, 0.25) is 5.91 Å². The van der Waals surface area contributed by atoms with Crippen molar-refractivity contribution >= 4 is 12.0 Å². The van der Waals surface area contributed by atoms with Crippen LogP contribution in [0, 0.1) is 0 Å². The maximum Gasteiger partial charge on any atom is 0.410 e. The second kappa shape index (κ2) is 7.02. The van der Waals surface area contributed by atoms with Crippen molar-refractivity contribution in [3.8, 4) is 0 Å². The van der Waals surface area contributed by atoms with E-state index >= 15 is 0 Å². The summed E-state index contributed by atoms with van der Waals surface area (Å²) in [5.41, 5.74) is 0.569. The molecular weight excluding hydrogens is 292 g/mol. The van der Waals surface area contributed by atoms with E-state index in [1.165, 1.54) is 0 Å². The molecule has 2 amide bonds. The zero-order valence-corrected chi connectivity index (χ0v) is 14.4. The van der Waals surface area contributed by atoms with Crippen molar-refractivity contribution in [3.05, 3.63) is 35.9 Å². The molecule has 2 rings (SSSR count). The maximum atomic E-state index is 12.6. The molecule has 5 nitrogen and oxygen atoms in total. The van der Waals surface area contributed by atoms with Crippen LogP contribution in [0.15, 0.2) is 30.3 Å². The third kappa shape index (κ3) is 4.98. The fourth-order valence-electron chi connectivity index (χ4n) is 2.66. The Labute approximate surface area is 138 Å². The SMILES string of the molecule is CN1CCN(C(=O)OC(C)(C)C)C(Cc2ccccc2)CC1=O. The fourth-order valence-corrected chi connectivity index (χ4v) is 2.66. The molecule has 1 fully saturated rings. The molecule has 0 aromatic heterocycles. The first-order chi connectivity index (χ1) is 10.8. The van der Waals surface area contributed by atoms with Gasteiger partial charge in [0.05, 0.1) is 0 Å². The molecule has 1 saturated heterocycles. The van der Waals surface area contributed by atoms with Gasteiger partial charge in [-0.3, -0.25) is 4.79 Å². The lowest BCUT2D eigenvalue weighted by atomic mass is 10.0. The molecule has 1 aliphatic rings. The predicted molar refractivity (Wildman–Crippen MR) is 89.1 cm³/mol. The standard InChI is InChI=1S/C18H26N2O3/c1-18(2,3)23-17(22)20-11-10-19(4)16(21)13-15(20)12-14-8-6-5-7-9-14/h5-9,15H,10-13H2,1-4H3. The van der Waals surface area contributed by atoms with E-state index in [9.17, 15) is 9.59 Å². The molecule has 1 unspecified atom stereocenters. The highest BCUT2D eigenvalue weighted by molar-refractivity contribution is 5.78. The minimum absolute atomic E-state index is 0.0667. The molecule has 1 aliphatic heterocycles. The number of carbonyl (C=O) groups is 2. The molecule has 0 bridgehead atoms. The Hall–Kier alpha value is -2.04. The summed E-state index contributed by atoms with van der Waals surface area (Å²) in [7, 11) is 1.78. The minimum Gasteiger partial charge on any atom is -0.444 e. The number of nitrogens with zero attached hydrogens (tertiary/aromatic N) is 2. The Morgan fingerprint density at radius 3 is 2.48 bits per heavy atom. The van der Waals surface area contributed by atoms with Crippen molar-refractivity contribution in [1.29, 1.82) is 0 Å². The van der Waals surface area contributed by atoms with Crippen LogP contribution in [-0.4, -0.2) is 53.6 Å². The molecule has 5 heteroatoms. The second-order valence-corrected chi connectivity index (χ2v) is 7.04. The van der Waals surface area contributed by atoms with Gasteiger partial charge >= 0.3 is 6.09 Å². The molecule has 0 aliphatic carbocycles. The molecule has 0 N–H and O–H groups in total. The van der Waals surface area contributed by atoms with Crippen LogP contribution in [0.25, 0.3) is 0 Å². The molecule has 1 aromatic carbocycles. The van der Waals surface area contributed by atoms with Crippen LogP contribution >= 0.6 is 0 Å². The normalized spacial score (nSPS) is 19.5. The van der Waals surface area contributed by atoms with E-state index < -0.39 is 5.60 Å². The van der Waals surface area contributed by atoms with Gasteiger partial charge in [0.15, 0.2) is 0 Å². The number of ether oxygens (including phenoxy) is 1. The van der Waals surface area contributed by atoms with E-state index in [2.05, 4.69) is 0 Å². The number of likely N-dealkylation sites (N-methyl/N-ethyl adjacent to an activating group) is 1. The Morgan fingerprint density at radius 1 is 1.22 bits per heavy atom. The smallest absolute Gasteiger partial charge is 0.410 e. The van der Waals surface area contributed by atoms with Gasteiger partial charge in [0.1, 0.15) is 5.60 Å². The molecule has 126 valence electrons. The lowest BCUT2D eigenvalue weighted by Crippen LogP contribution is -2.45. The van der Waals surface area contributed by atoms with E-state index in [1.807, 2.05) is 51.1 Å². The number of benzene rings is 1. The van der Waals surface area contributed by atoms with Crippen LogP contribution in [0.4, 0.5) is 4.79 Å². The van der Waals surface area contributed by atoms with E-state index in [-0.39, 0.29) is 18.0 Å². The highest BCUT2D eigenvalue weighted by Gasteiger charge is 2.33. The highest BCUT2D eigenvalue weighted by atomic mass is 16.6. The average Bonchev–Trinajstić information content (AvgIpc) is 2.58. The summed E-state index contributed by atoms with van der Waals surface area (Å²) in [6, 6.07) is 9.76. The van der Waals surface area contributed by atoms with Gasteiger partial charge in [0.25, 0.3) is 0 Å². The van der Waals surface area contributed by atoms with Crippen LogP contribution in [-0.2, 0) is 16.0 Å². The highest BCUT2D eigenvalue weighted by Crippen LogP contribution is 2.20. The van der Waals surface area contributed by atoms with Crippen LogP contribution in [0.3, 0.4) is 0 Å². The summed E-state index contributed by atoms with van der Waals surface area (Å²) in [6.07, 6.45) is 0.631. The monoisotopic (exact) mass is 318 g/mol. The Bertz CT molecular complexity index is 551. The van der Waals surface area contributed by atoms with Crippen LogP contribution in [0.5, 0.6) is 0 Å². The van der Waals surface area contributed by atoms with E-state index in [0.717, 1.165) is 5.56 Å². The zero-order chi connectivity index (χ0) is 17.0. The zero-order valence-electron chi connectivity index (χ0n) is 14.4. The van der Waals surface area contributed by atoms with Gasteiger partial charge in [-0.25, -0.2) is 4.79 Å². The summed E-state index contributed by atoms with van der Waals surface area (Å²) >= 11 is 0. The number of amides is 2. The van der Waals surface area contributed by atoms with Crippen molar-refractivity contribution < 1.29 is 14.3 Å². The lowest BCUT2D eigenvalue weighted by molar-refractivity contribution is -0.129. The van der Waals surface area contributed by atoms with Crippen molar-refractivity contribution in [3.63, 3.8) is 0 Å². The molecular formula is C18H26N2O3. The Kier molecular flexibility index (Phi) is 5.29. The number of carbonyl (C=O) groups excluding carboxylic acids is 2. The fraction of sp³-hybridized carbons (Fsp3) is 0.556. The van der Waals surface area contributed by atoms with Gasteiger partial charge in [0, 0.05) is 32.6 Å². The number of hydrogen-bond donors (Lipinski definition) is 0. The van der Waals surface area contributed by atoms with Crippen molar-refractivity contribution in [1.82, 2.24) is 9.80 Å². The topological polar surface area (TPSA) is 49.9 Å². The first-order valence-corrected chi connectivity index (χ1v) is 8.04. The number of rotatable bonds is 2. The minimum atomic E-state index is -0.545. The number of hydrogen-bond acceptors (Lipinski definition) is 3. The third-order valence-corrected chi connectivity index (χ3v) is 3.90. The van der Waals surface area contributed by atoms with E-state index in [0.29, 0.717) is 25.9 Å². The first-order valence-electron chi connectivity index (χ1n) is 8.04. The van der Waals surface area contributed by atoms with Gasteiger partial charge in [-0.2, -0.15) is 0 Å². The Morgan fingerprint density at radius 2 is 1.87 bits per heavy atom. The summed E-state index contributed by atoms with van der Waals surface area (Å²) < 4.78 is 5.53. The Balaban J connectivity index is 2.20. The van der Waals surface area contributed by atoms with Crippen LogP contribution < -0.4 is 0 Å². The summed E-state index contributed by atoms with van der Waals surface area (Å²) in [6.45, 7) is 6.59. The molecule has 1 atom stereocenters. The van der Waals surface area contributed by atoms with Gasteiger partial charge in [-0.15, -0.1) is 0 Å². The molecule has 0 saturated carbocycles. The average molecular weight is 318 g/mol. The summed E-state index contributed by atoms with van der Waals surface area (Å²) in [5.74, 6) is 0.0667. The van der Waals surface area contributed by atoms with Crippen molar-refractivity contribution in [2.45, 2.75) is 45.3 Å². The van der Waals surface area contributed by atoms with Gasteiger partial charge in [-0.05, 0) is 32.8 Å². The van der Waals surface area contributed by atoms with Crippen molar-refractivity contribution in [2.75, 3.05) is 20.1 Å². The van der Waals surface area contributed by atoms with E-state index in [4.69, 9.17) is 4.74 Å². The molecule has 0 spiro atoms.